The minimum absolute atomic E-state index is 0.0680. The van der Waals surface area contributed by atoms with Gasteiger partial charge in [0.05, 0.1) is 34.6 Å². The van der Waals surface area contributed by atoms with Gasteiger partial charge in [-0.3, -0.25) is 0 Å². The fraction of sp³-hybridized carbons (Fsp3) is 0. The van der Waals surface area contributed by atoms with Gasteiger partial charge in [0.1, 0.15) is 0 Å². The Labute approximate surface area is 398 Å². The van der Waals surface area contributed by atoms with Gasteiger partial charge in [-0.15, -0.1) is 0 Å². The molecule has 0 unspecified atom stereocenters. The van der Waals surface area contributed by atoms with Crippen molar-refractivity contribution in [3.05, 3.63) is 230 Å². The number of aromatic nitrogens is 8. The van der Waals surface area contributed by atoms with Gasteiger partial charge < -0.3 is 9.13 Å². The molecule has 0 aliphatic rings. The Hall–Kier alpha value is -9.40. The van der Waals surface area contributed by atoms with Gasteiger partial charge in [-0.1, -0.05) is 182 Å². The van der Waals surface area contributed by atoms with Crippen LogP contribution in [0.25, 0.3) is 123 Å². The van der Waals surface area contributed by atoms with Crippen LogP contribution in [0.2, 0.25) is 0 Å². The second kappa shape index (κ2) is 16.2. The Kier molecular flexibility index (Phi) is 8.12. The zero-order valence-corrected chi connectivity index (χ0v) is 36.1. The number of fused-ring (bicyclic) bond motifs is 7. The monoisotopic (exact) mass is 875 g/mol. The molecule has 0 atom stereocenters. The zero-order valence-electron chi connectivity index (χ0n) is 41.1. The van der Waals surface area contributed by atoms with Gasteiger partial charge >= 0.3 is 0 Å². The van der Waals surface area contributed by atoms with Crippen LogP contribution in [0.15, 0.2) is 230 Å². The van der Waals surface area contributed by atoms with Crippen molar-refractivity contribution in [2.45, 2.75) is 0 Å². The van der Waals surface area contributed by atoms with E-state index in [1.807, 2.05) is 176 Å². The first-order valence-electron chi connectivity index (χ1n) is 24.7. The van der Waals surface area contributed by atoms with Crippen LogP contribution >= 0.6 is 0 Å². The molecule has 68 heavy (non-hydrogen) atoms. The summed E-state index contributed by atoms with van der Waals surface area (Å²) in [5, 5.41) is 3.60. The molecule has 0 saturated heterocycles. The standard InChI is InChI=1S/C60H38N8/c1-6-20-39(21-7-1)55-61-56(40-22-8-2-9-23-40)64-59(63-55)43-34-36-51(48(38-43)60-65-57(41-24-10-3-11-25-41)62-58(66-60)42-26-12-4-13-27-42)68-49-32-18-16-30-45(49)46-35-37-52-53(54(46)68)47-31-17-19-33-50(47)67(52)44-28-14-5-15-29-44/h1-38H/i5D,14D,15D,28D,29D. The number of hydrogen-bond acceptors (Lipinski definition) is 6. The third-order valence-electron chi connectivity index (χ3n) is 12.3. The van der Waals surface area contributed by atoms with Gasteiger partial charge in [0.15, 0.2) is 34.9 Å². The lowest BCUT2D eigenvalue weighted by molar-refractivity contribution is 1.06. The molecule has 0 amide bonds. The summed E-state index contributed by atoms with van der Waals surface area (Å²) in [6.45, 7) is 0. The quantitative estimate of drug-likeness (QED) is 0.151. The maximum Gasteiger partial charge on any atom is 0.166 e. The fourth-order valence-corrected chi connectivity index (χ4v) is 9.27. The van der Waals surface area contributed by atoms with Crippen LogP contribution in [-0.4, -0.2) is 39.0 Å². The Morgan fingerprint density at radius 2 is 0.765 bits per heavy atom. The second-order valence-corrected chi connectivity index (χ2v) is 16.3. The SMILES string of the molecule is [2H]c1c([2H])c([2H])c(-n2c3ccccc3c3c2ccc2c4ccccc4n(-c4ccc(-c5nc(-c6ccccc6)nc(-c6ccccc6)n5)cc4-c4nc(-c5ccccc5)nc(-c5ccccc5)n4)c23)c([2H])c1[2H]. The van der Waals surface area contributed by atoms with E-state index in [0.29, 0.717) is 57.1 Å². The van der Waals surface area contributed by atoms with E-state index in [-0.39, 0.29) is 17.8 Å². The average Bonchev–Trinajstić information content (AvgIpc) is 3.98. The van der Waals surface area contributed by atoms with E-state index in [1.165, 1.54) is 0 Å². The number of para-hydroxylation sites is 3. The van der Waals surface area contributed by atoms with Crippen molar-refractivity contribution >= 4 is 43.6 Å². The Bertz CT molecular complexity index is 4170. The minimum atomic E-state index is -0.452. The molecule has 0 aliphatic heterocycles. The van der Waals surface area contributed by atoms with E-state index in [0.717, 1.165) is 60.5 Å². The van der Waals surface area contributed by atoms with Crippen LogP contribution in [-0.2, 0) is 0 Å². The summed E-state index contributed by atoms with van der Waals surface area (Å²) >= 11 is 0. The summed E-state index contributed by atoms with van der Waals surface area (Å²) in [6, 6.07) is 63.8. The first-order chi connectivity index (χ1) is 35.8. The van der Waals surface area contributed by atoms with E-state index in [2.05, 4.69) is 28.8 Å². The van der Waals surface area contributed by atoms with Gasteiger partial charge in [0.2, 0.25) is 0 Å². The number of rotatable bonds is 8. The van der Waals surface area contributed by atoms with E-state index < -0.39 is 18.1 Å². The highest BCUT2D eigenvalue weighted by Gasteiger charge is 2.25. The molecule has 318 valence electrons. The molecular formula is C60H38N8. The molecule has 4 aromatic heterocycles. The maximum absolute atomic E-state index is 9.16. The molecule has 4 heterocycles. The lowest BCUT2D eigenvalue weighted by atomic mass is 10.0. The van der Waals surface area contributed by atoms with Gasteiger partial charge in [-0.05, 0) is 48.5 Å². The van der Waals surface area contributed by atoms with Gasteiger partial charge in [-0.25, -0.2) is 29.9 Å². The van der Waals surface area contributed by atoms with Gasteiger partial charge in [0.25, 0.3) is 0 Å². The lowest BCUT2D eigenvalue weighted by Gasteiger charge is -2.17. The van der Waals surface area contributed by atoms with Crippen molar-refractivity contribution in [3.63, 3.8) is 0 Å². The lowest BCUT2D eigenvalue weighted by Crippen LogP contribution is -2.05. The predicted molar refractivity (Wildman–Crippen MR) is 275 cm³/mol. The highest BCUT2D eigenvalue weighted by Crippen LogP contribution is 2.44. The number of nitrogens with zero attached hydrogens (tertiary/aromatic N) is 8. The molecule has 0 bridgehead atoms. The molecule has 0 radical (unpaired) electrons. The fourth-order valence-electron chi connectivity index (χ4n) is 9.27. The number of hydrogen-bond donors (Lipinski definition) is 0. The molecule has 8 heteroatoms. The number of benzene rings is 9. The minimum Gasteiger partial charge on any atom is -0.309 e. The van der Waals surface area contributed by atoms with Gasteiger partial charge in [0, 0.05) is 60.6 Å². The van der Waals surface area contributed by atoms with Crippen molar-refractivity contribution in [3.8, 4) is 79.7 Å². The average molecular weight is 876 g/mol. The molecule has 9 aromatic carbocycles. The molecule has 0 N–H and O–H groups in total. The summed E-state index contributed by atoms with van der Waals surface area (Å²) in [4.78, 5) is 31.0. The Balaban J connectivity index is 1.16. The largest absolute Gasteiger partial charge is 0.309 e. The topological polar surface area (TPSA) is 87.2 Å². The van der Waals surface area contributed by atoms with Crippen LogP contribution in [0.3, 0.4) is 0 Å². The molecule has 0 fully saturated rings. The molecule has 13 aromatic rings. The highest BCUT2D eigenvalue weighted by molar-refractivity contribution is 6.26. The van der Waals surface area contributed by atoms with Crippen molar-refractivity contribution < 1.29 is 6.85 Å². The van der Waals surface area contributed by atoms with Crippen molar-refractivity contribution in [2.75, 3.05) is 0 Å². The zero-order chi connectivity index (χ0) is 49.3. The first kappa shape index (κ1) is 34.0. The summed E-state index contributed by atoms with van der Waals surface area (Å²) < 4.78 is 48.2. The van der Waals surface area contributed by atoms with Crippen LogP contribution in [0.4, 0.5) is 0 Å². The van der Waals surface area contributed by atoms with Crippen LogP contribution < -0.4 is 0 Å². The third-order valence-corrected chi connectivity index (χ3v) is 12.3. The van der Waals surface area contributed by atoms with Crippen LogP contribution in [0.1, 0.15) is 6.85 Å². The van der Waals surface area contributed by atoms with Crippen molar-refractivity contribution in [2.24, 2.45) is 0 Å². The molecule has 0 aliphatic carbocycles. The van der Waals surface area contributed by atoms with E-state index in [1.54, 1.807) is 4.57 Å². The Morgan fingerprint density at radius 3 is 1.29 bits per heavy atom. The summed E-state index contributed by atoms with van der Waals surface area (Å²) in [6.07, 6.45) is 0. The summed E-state index contributed by atoms with van der Waals surface area (Å²) in [5.74, 6) is 2.88. The first-order valence-corrected chi connectivity index (χ1v) is 22.2. The molecule has 8 nitrogen and oxygen atoms in total. The molecule has 0 saturated carbocycles. The summed E-state index contributed by atoms with van der Waals surface area (Å²) in [7, 11) is 0. The van der Waals surface area contributed by atoms with Crippen LogP contribution in [0.5, 0.6) is 0 Å². The van der Waals surface area contributed by atoms with E-state index in [9.17, 15) is 0 Å². The molecular weight excluding hydrogens is 833 g/mol. The van der Waals surface area contributed by atoms with Crippen molar-refractivity contribution in [1.29, 1.82) is 0 Å². The molecule has 13 rings (SSSR count). The second-order valence-electron chi connectivity index (χ2n) is 16.3. The van der Waals surface area contributed by atoms with E-state index in [4.69, 9.17) is 36.8 Å². The smallest absolute Gasteiger partial charge is 0.166 e. The molecule has 0 spiro atoms. The van der Waals surface area contributed by atoms with E-state index >= 15 is 0 Å². The predicted octanol–water partition coefficient (Wildman–Crippen LogP) is 14.3. The summed E-state index contributed by atoms with van der Waals surface area (Å²) in [5.41, 5.74) is 8.58. The van der Waals surface area contributed by atoms with Crippen molar-refractivity contribution in [1.82, 2.24) is 39.0 Å². The normalized spacial score (nSPS) is 12.6. The van der Waals surface area contributed by atoms with Crippen LogP contribution in [0, 0.1) is 0 Å². The van der Waals surface area contributed by atoms with Gasteiger partial charge in [-0.2, -0.15) is 0 Å². The maximum atomic E-state index is 9.16. The highest BCUT2D eigenvalue weighted by atomic mass is 15.1. The Morgan fingerprint density at radius 1 is 0.324 bits per heavy atom. The third kappa shape index (κ3) is 6.62.